The molecule has 1 aromatic rings. The lowest BCUT2D eigenvalue weighted by Crippen LogP contribution is -2.92. The number of likely N-dealkylation sites (N-methyl/N-ethyl adjacent to an activating group) is 1. The van der Waals surface area contributed by atoms with E-state index in [1.54, 1.807) is 6.07 Å². The van der Waals surface area contributed by atoms with Gasteiger partial charge in [-0.1, -0.05) is 26.0 Å². The molecule has 0 spiro atoms. The summed E-state index contributed by atoms with van der Waals surface area (Å²) >= 11 is 0. The third-order valence-electron chi connectivity index (χ3n) is 8.86. The van der Waals surface area contributed by atoms with Crippen LogP contribution in [0.1, 0.15) is 41.4 Å². The highest BCUT2D eigenvalue weighted by Gasteiger charge is 2.83. The molecular weight excluding hydrogens is 534 g/mol. The summed E-state index contributed by atoms with van der Waals surface area (Å²) in [5, 5.41) is 36.6. The number of nitriles is 1. The topological polar surface area (TPSA) is 269 Å². The molecule has 0 heterocycles. The van der Waals surface area contributed by atoms with Crippen LogP contribution in [0.5, 0.6) is 5.75 Å². The molecule has 0 bridgehead atoms. The first kappa shape index (κ1) is 30.4. The molecule has 14 nitrogen and oxygen atoms in total. The van der Waals surface area contributed by atoms with Crippen LogP contribution in [-0.4, -0.2) is 88.0 Å². The molecule has 2 fully saturated rings. The van der Waals surface area contributed by atoms with E-state index in [1.165, 1.54) is 26.2 Å². The van der Waals surface area contributed by atoms with Gasteiger partial charge < -0.3 is 38.5 Å². The number of fused-ring (bicyclic) bond motifs is 3. The minimum atomic E-state index is -3.10. The van der Waals surface area contributed by atoms with Crippen molar-refractivity contribution in [1.82, 2.24) is 10.2 Å². The van der Waals surface area contributed by atoms with Crippen LogP contribution in [0.4, 0.5) is 0 Å². The van der Waals surface area contributed by atoms with Crippen molar-refractivity contribution in [2.75, 3.05) is 20.6 Å². The highest BCUT2D eigenvalue weighted by molar-refractivity contribution is 6.33. The van der Waals surface area contributed by atoms with Gasteiger partial charge in [0.15, 0.2) is 34.5 Å². The number of carbonyl (C=O) groups excluding carboxylic acids is 5. The lowest BCUT2D eigenvalue weighted by molar-refractivity contribution is -0.181. The molecule has 14 heteroatoms. The maximum atomic E-state index is 14.4. The summed E-state index contributed by atoms with van der Waals surface area (Å²) < 4.78 is 0. The second-order valence-electron chi connectivity index (χ2n) is 11.9. The molecule has 41 heavy (non-hydrogen) atoms. The third-order valence-corrected chi connectivity index (χ3v) is 8.86. The van der Waals surface area contributed by atoms with Crippen molar-refractivity contribution in [2.45, 2.75) is 49.7 Å². The molecule has 3 aliphatic carbocycles. The highest BCUT2D eigenvalue weighted by atomic mass is 16.3. The Labute approximate surface area is 236 Å². The van der Waals surface area contributed by atoms with Crippen LogP contribution in [0.2, 0.25) is 0 Å². The van der Waals surface area contributed by atoms with Crippen LogP contribution in [-0.2, 0) is 25.7 Å². The van der Waals surface area contributed by atoms with Crippen molar-refractivity contribution in [3.63, 3.8) is 0 Å². The number of aromatic hydroxyl groups is 1. The van der Waals surface area contributed by atoms with Crippen LogP contribution >= 0.6 is 0 Å². The number of nitrogens with two attached hydrogens (primary N) is 4. The minimum absolute atomic E-state index is 0.00338. The zero-order chi connectivity index (χ0) is 31.0. The van der Waals surface area contributed by atoms with Gasteiger partial charge in [0.1, 0.15) is 11.7 Å². The molecule has 1 amide bonds. The van der Waals surface area contributed by atoms with Crippen LogP contribution in [0.25, 0.3) is 0 Å². The van der Waals surface area contributed by atoms with Gasteiger partial charge in [-0.05, 0) is 32.1 Å². The number of rotatable bonds is 6. The summed E-state index contributed by atoms with van der Waals surface area (Å²) in [6.07, 6.45) is -2.28. The van der Waals surface area contributed by atoms with Gasteiger partial charge in [-0.15, -0.1) is 0 Å². The number of benzene rings is 1. The average Bonchev–Trinajstić information content (AvgIpc) is 2.86. The molecule has 0 radical (unpaired) electrons. The number of nitrogens with one attached hydrogen (secondary N) is 1. The Kier molecular flexibility index (Phi) is 7.23. The molecule has 1 aromatic carbocycles. The number of amides is 1. The number of nitrogens with zero attached hydrogens (tertiary/aromatic N) is 2. The molecule has 11 N–H and O–H groups in total. The Balaban J connectivity index is 2.00. The second-order valence-corrected chi connectivity index (χ2v) is 11.9. The van der Waals surface area contributed by atoms with E-state index in [1.807, 2.05) is 13.8 Å². The van der Waals surface area contributed by atoms with Gasteiger partial charge >= 0.3 is 0 Å². The van der Waals surface area contributed by atoms with E-state index in [2.05, 4.69) is 5.32 Å². The van der Waals surface area contributed by atoms with Gasteiger partial charge in [0.05, 0.1) is 40.9 Å². The Bertz CT molecular complexity index is 1420. The zero-order valence-corrected chi connectivity index (χ0v) is 23.2. The Hall–Kier alpha value is -3.58. The van der Waals surface area contributed by atoms with Gasteiger partial charge in [-0.2, -0.15) is 5.26 Å². The van der Waals surface area contributed by atoms with Crippen LogP contribution < -0.4 is 28.3 Å². The van der Waals surface area contributed by atoms with E-state index < -0.39 is 81.3 Å². The molecule has 220 valence electrons. The lowest BCUT2D eigenvalue weighted by atomic mass is 9.41. The molecule has 2 unspecified atom stereocenters. The standard InChI is InChI=1S/C27H35N7O7/c1-10(2)7-33-8-11-5-6-12-13(16(11)35)17(36)15-22(39)25(9-28)21(38)14(23(30)40)18(37)20(34(3)4)27(25,32)24(41)26(15,31)19(12)29/h5-6,10,14-15,19-20,24,33,35,41H,7-8,29,31-32H2,1-4H3,(H2,30,40)/t14?,15?,19-,20+,24-,25-,26+,27-/m0/s1. The number of aliphatic hydroxyl groups is 1. The number of phenols is 1. The van der Waals surface area contributed by atoms with Gasteiger partial charge in [0.2, 0.25) is 5.91 Å². The zero-order valence-electron chi connectivity index (χ0n) is 23.2. The number of primary amides is 1. The summed E-state index contributed by atoms with van der Waals surface area (Å²) in [7, 11) is 2.65. The van der Waals surface area contributed by atoms with Crippen LogP contribution in [0.3, 0.4) is 0 Å². The molecular formula is C27H35N7O7. The second kappa shape index (κ2) is 9.76. The number of hydrogen-bond acceptors (Lipinski definition) is 13. The summed E-state index contributed by atoms with van der Waals surface area (Å²) in [4.78, 5) is 69.1. The number of aliphatic hydroxyl groups excluding tert-OH is 1. The predicted molar refractivity (Wildman–Crippen MR) is 142 cm³/mol. The maximum Gasteiger partial charge on any atom is 0.235 e. The fraction of sp³-hybridized carbons (Fsp3) is 0.556. The van der Waals surface area contributed by atoms with Crippen molar-refractivity contribution < 1.29 is 34.2 Å². The molecule has 2 saturated carbocycles. The monoisotopic (exact) mass is 569 g/mol. The highest BCUT2D eigenvalue weighted by Crippen LogP contribution is 2.58. The number of ketones is 4. The Morgan fingerprint density at radius 3 is 2.29 bits per heavy atom. The van der Waals surface area contributed by atoms with Crippen LogP contribution in [0.15, 0.2) is 12.1 Å². The molecule has 8 atom stereocenters. The number of hydrogen-bond donors (Lipinski definition) is 7. The summed E-state index contributed by atoms with van der Waals surface area (Å²) in [5.41, 5.74) is 16.9. The summed E-state index contributed by atoms with van der Waals surface area (Å²) in [6.45, 7) is 4.72. The predicted octanol–water partition coefficient (Wildman–Crippen LogP) is -3.02. The smallest absolute Gasteiger partial charge is 0.235 e. The first-order valence-electron chi connectivity index (χ1n) is 13.1. The minimum Gasteiger partial charge on any atom is -0.507 e. The van der Waals surface area contributed by atoms with E-state index in [-0.39, 0.29) is 23.6 Å². The van der Waals surface area contributed by atoms with Gasteiger partial charge in [0, 0.05) is 12.1 Å². The fourth-order valence-electron chi connectivity index (χ4n) is 6.94. The number of phenolic OH excluding ortho intramolecular Hbond substituents is 1. The molecule has 0 aliphatic heterocycles. The van der Waals surface area contributed by atoms with Crippen molar-refractivity contribution in [3.05, 3.63) is 28.8 Å². The first-order chi connectivity index (χ1) is 19.0. The van der Waals surface area contributed by atoms with E-state index in [9.17, 15) is 39.4 Å². The Morgan fingerprint density at radius 1 is 1.17 bits per heavy atom. The quantitative estimate of drug-likeness (QED) is 0.168. The van der Waals surface area contributed by atoms with Gasteiger partial charge in [-0.25, -0.2) is 0 Å². The third kappa shape index (κ3) is 3.60. The van der Waals surface area contributed by atoms with Gasteiger partial charge in [-0.3, -0.25) is 28.9 Å². The van der Waals surface area contributed by atoms with E-state index in [0.29, 0.717) is 12.1 Å². The maximum absolute atomic E-state index is 14.4. The summed E-state index contributed by atoms with van der Waals surface area (Å²) in [5.74, 6) is -11.2. The van der Waals surface area contributed by atoms with E-state index in [4.69, 9.17) is 22.9 Å². The lowest BCUT2D eigenvalue weighted by Gasteiger charge is -2.64. The molecule has 4 rings (SSSR count). The first-order valence-corrected chi connectivity index (χ1v) is 13.1. The van der Waals surface area contributed by atoms with Crippen molar-refractivity contribution in [3.8, 4) is 11.8 Å². The van der Waals surface area contributed by atoms with E-state index >= 15 is 0 Å². The Morgan fingerprint density at radius 2 is 1.78 bits per heavy atom. The van der Waals surface area contributed by atoms with Crippen molar-refractivity contribution in [2.24, 2.45) is 46.1 Å². The largest absolute Gasteiger partial charge is 0.507 e. The van der Waals surface area contributed by atoms with Crippen molar-refractivity contribution >= 4 is 29.0 Å². The molecule has 3 aliphatic rings. The van der Waals surface area contributed by atoms with E-state index in [0.717, 1.165) is 4.90 Å². The average molecular weight is 570 g/mol. The number of Topliss-reactive ketones (excluding diaryl/α,β-unsaturated/α-hetero) is 4. The number of carbonyl (C=O) groups is 5. The molecule has 0 saturated heterocycles. The van der Waals surface area contributed by atoms with Gasteiger partial charge in [0.25, 0.3) is 0 Å². The van der Waals surface area contributed by atoms with Crippen molar-refractivity contribution in [1.29, 1.82) is 5.26 Å². The normalized spacial score (nSPS) is 36.6. The fourth-order valence-corrected chi connectivity index (χ4v) is 6.94. The van der Waals surface area contributed by atoms with Crippen LogP contribution in [0, 0.1) is 34.5 Å². The molecule has 0 aromatic heterocycles. The SMILES string of the molecule is CC(C)CNCc1ccc2c(c1O)C(=O)C1C(=O)[C@]3(C#N)C(=O)C(C(N)=O)C(=O)[C@@H](N(C)C)[C@]3(N)[C@@H](O)[C@]1(N)[C@H]2N. The summed E-state index contributed by atoms with van der Waals surface area (Å²) in [6, 6.07) is 1.20.